The summed E-state index contributed by atoms with van der Waals surface area (Å²) in [5.41, 5.74) is -1.73. The number of hydrogen-bond donors (Lipinski definition) is 1. The molecule has 0 saturated carbocycles. The van der Waals surface area contributed by atoms with Gasteiger partial charge in [0.15, 0.2) is 0 Å². The summed E-state index contributed by atoms with van der Waals surface area (Å²) >= 11 is 0. The third kappa shape index (κ3) is 6.83. The Morgan fingerprint density at radius 1 is 1.25 bits per heavy atom. The van der Waals surface area contributed by atoms with E-state index in [9.17, 15) is 22.4 Å². The van der Waals surface area contributed by atoms with Gasteiger partial charge in [-0.25, -0.2) is 22.4 Å². The molecule has 2 aromatic carbocycles. The van der Waals surface area contributed by atoms with Crippen LogP contribution in [-0.4, -0.2) is 69.5 Å². The number of carbonyl (C=O) groups excluding carboxylic acids is 2. The maximum atomic E-state index is 14.4. The number of likely N-dealkylation sites (tertiary alicyclic amines) is 1. The molecule has 9 nitrogen and oxygen atoms in total. The lowest BCUT2D eigenvalue weighted by atomic mass is 9.74. The largest absolute Gasteiger partial charge is 0.444 e. The molecule has 1 atom stereocenters. The van der Waals surface area contributed by atoms with Gasteiger partial charge in [0.1, 0.15) is 29.1 Å². The Morgan fingerprint density at radius 3 is 2.52 bits per heavy atom. The number of ether oxygens (including phenoxy) is 2. The van der Waals surface area contributed by atoms with Crippen molar-refractivity contribution < 1.29 is 41.5 Å². The van der Waals surface area contributed by atoms with Gasteiger partial charge in [0.25, 0.3) is 0 Å². The number of carbonyl (C=O) groups is 1. The summed E-state index contributed by atoms with van der Waals surface area (Å²) in [4.78, 5) is 26.9. The normalized spacial score (nSPS) is 20.1. The number of alkyl carbamates (subject to hydrolysis) is 1. The number of nitrogens with zero attached hydrogens (tertiary/aromatic N) is 2. The summed E-state index contributed by atoms with van der Waals surface area (Å²) in [5.74, 6) is 1.27. The van der Waals surface area contributed by atoms with Gasteiger partial charge < -0.3 is 19.7 Å². The monoisotopic (exact) mass is 580 g/mol. The number of piperidine rings is 1. The topological polar surface area (TPSA) is 105 Å². The Labute approximate surface area is 244 Å². The molecule has 1 amide bonds. The summed E-state index contributed by atoms with van der Waals surface area (Å²) in [6.07, 6.45) is 0.658. The lowest BCUT2D eigenvalue weighted by molar-refractivity contribution is 0.0426. The average molecular weight is 581 g/mol. The van der Waals surface area contributed by atoms with Gasteiger partial charge >= 0.3 is 6.09 Å². The third-order valence-corrected chi connectivity index (χ3v) is 7.88. The minimum absolute atomic E-state index is 0.0690. The van der Waals surface area contributed by atoms with E-state index in [0.717, 1.165) is 6.26 Å². The van der Waals surface area contributed by atoms with Crippen LogP contribution in [0.4, 0.5) is 14.9 Å². The van der Waals surface area contributed by atoms with Crippen LogP contribution in [0.2, 0.25) is 0 Å². The van der Waals surface area contributed by atoms with Gasteiger partial charge in [-0.3, -0.25) is 4.31 Å². The fourth-order valence-corrected chi connectivity index (χ4v) is 5.99. The molecule has 1 N–H and O–H groups in total. The van der Waals surface area contributed by atoms with E-state index in [2.05, 4.69) is 5.32 Å². The highest BCUT2D eigenvalue weighted by Crippen LogP contribution is 2.48. The van der Waals surface area contributed by atoms with Crippen molar-refractivity contribution in [1.29, 1.82) is 0 Å². The fraction of sp³-hybridized carbons (Fsp3) is 0.483. The highest BCUT2D eigenvalue weighted by molar-refractivity contribution is 7.92. The van der Waals surface area contributed by atoms with E-state index in [-0.39, 0.29) is 38.2 Å². The molecule has 0 radical (unpaired) electrons. The number of sulfonamides is 1. The number of halogens is 1. The number of benzene rings is 2. The molecule has 11 heteroatoms. The lowest BCUT2D eigenvalue weighted by Crippen LogP contribution is -2.51. The number of nitrogens with one attached hydrogen (secondary N) is 1. The SMILES string of the molecule is [2H]c1c([2H])c([2H])c(C([2H])([2H])OC[C@H](NC(=O)OC(C)(C)C)C(=C=O)N2CCC3(CC2)CN(S(C)(=O)=O)c2ccc(F)cc23)c([2H])c1[2H]. The molecule has 2 aromatic rings. The number of fused-ring (bicyclic) bond motifs is 2. The summed E-state index contributed by atoms with van der Waals surface area (Å²) in [6, 6.07) is -1.34. The van der Waals surface area contributed by atoms with Gasteiger partial charge in [-0.1, -0.05) is 30.2 Å². The van der Waals surface area contributed by atoms with Gasteiger partial charge in [-0.15, -0.1) is 0 Å². The molecule has 4 rings (SSSR count). The molecule has 40 heavy (non-hydrogen) atoms. The molecule has 0 unspecified atom stereocenters. The van der Waals surface area contributed by atoms with Crippen molar-refractivity contribution in [1.82, 2.24) is 10.2 Å². The van der Waals surface area contributed by atoms with Crippen LogP contribution in [0.1, 0.15) is 54.3 Å². The highest BCUT2D eigenvalue weighted by Gasteiger charge is 2.48. The molecule has 1 fully saturated rings. The van der Waals surface area contributed by atoms with Crippen LogP contribution in [-0.2, 0) is 36.3 Å². The summed E-state index contributed by atoms with van der Waals surface area (Å²) < 4.78 is 108. The van der Waals surface area contributed by atoms with E-state index in [1.165, 1.54) is 22.5 Å². The van der Waals surface area contributed by atoms with Crippen LogP contribution >= 0.6 is 0 Å². The maximum Gasteiger partial charge on any atom is 0.408 e. The van der Waals surface area contributed by atoms with Crippen molar-refractivity contribution in [3.63, 3.8) is 0 Å². The Hall–Kier alpha value is -3.40. The second kappa shape index (κ2) is 11.6. The smallest absolute Gasteiger partial charge is 0.408 e. The van der Waals surface area contributed by atoms with Crippen LogP contribution in [0.15, 0.2) is 54.1 Å². The quantitative estimate of drug-likeness (QED) is 0.474. The zero-order chi connectivity index (χ0) is 35.3. The second-order valence-electron chi connectivity index (χ2n) is 10.8. The molecular weight excluding hydrogens is 537 g/mol. The van der Waals surface area contributed by atoms with Crippen LogP contribution in [0.5, 0.6) is 0 Å². The van der Waals surface area contributed by atoms with Gasteiger partial charge in [0, 0.05) is 25.0 Å². The molecule has 2 aliphatic rings. The van der Waals surface area contributed by atoms with E-state index in [0.29, 0.717) is 11.3 Å². The van der Waals surface area contributed by atoms with Gasteiger partial charge in [-0.2, -0.15) is 0 Å². The van der Waals surface area contributed by atoms with E-state index in [1.54, 1.807) is 31.6 Å². The number of rotatable bonds is 8. The third-order valence-electron chi connectivity index (χ3n) is 6.76. The van der Waals surface area contributed by atoms with E-state index in [1.807, 2.05) is 0 Å². The standard InChI is InChI=1S/C29H36FN3O6S/c1-28(2,3)39-27(35)31-24(19-38-18-21-8-6-5-7-9-21)26(17-34)32-14-12-29(13-15-32)20-33(40(4,36)37)25-11-10-22(30)16-23(25)29/h5-11,16,24H,12-15,18-20H2,1-4H3,(H,31,35)/t24-/m0/s1/i5D,6D,7D,8D,9D,18D2. The number of amides is 1. The Bertz CT molecular complexity index is 1710. The first-order valence-corrected chi connectivity index (χ1v) is 14.5. The van der Waals surface area contributed by atoms with Crippen LogP contribution in [0.3, 0.4) is 0 Å². The van der Waals surface area contributed by atoms with Crippen LogP contribution in [0.25, 0.3) is 0 Å². The summed E-state index contributed by atoms with van der Waals surface area (Å²) in [7, 11) is -3.68. The van der Waals surface area contributed by atoms with E-state index < -0.39 is 87.9 Å². The van der Waals surface area contributed by atoms with Crippen molar-refractivity contribution in [2.75, 3.05) is 36.8 Å². The first kappa shape index (κ1) is 21.4. The molecule has 1 spiro atoms. The molecule has 0 bridgehead atoms. The lowest BCUT2D eigenvalue weighted by Gasteiger charge is -2.42. The Kier molecular flexibility index (Phi) is 6.20. The highest BCUT2D eigenvalue weighted by atomic mass is 32.2. The number of hydrogen-bond acceptors (Lipinski definition) is 7. The summed E-state index contributed by atoms with van der Waals surface area (Å²) in [5, 5.41) is 2.49. The molecule has 2 aliphatic heterocycles. The van der Waals surface area contributed by atoms with Crippen molar-refractivity contribution in [2.45, 2.75) is 57.2 Å². The van der Waals surface area contributed by atoms with Crippen molar-refractivity contribution in [2.24, 2.45) is 0 Å². The molecule has 216 valence electrons. The predicted octanol–water partition coefficient (Wildman–Crippen LogP) is 3.76. The van der Waals surface area contributed by atoms with E-state index >= 15 is 0 Å². The van der Waals surface area contributed by atoms with Crippen molar-refractivity contribution in [3.05, 3.63) is 71.1 Å². The molecule has 0 aromatic heterocycles. The molecule has 1 saturated heterocycles. The average Bonchev–Trinajstić information content (AvgIpc) is 3.27. The zero-order valence-corrected chi connectivity index (χ0v) is 23.5. The van der Waals surface area contributed by atoms with Gasteiger partial charge in [0.2, 0.25) is 10.0 Å². The first-order valence-electron chi connectivity index (χ1n) is 16.1. The maximum absolute atomic E-state index is 14.4. The van der Waals surface area contributed by atoms with Crippen LogP contribution < -0.4 is 9.62 Å². The second-order valence-corrected chi connectivity index (χ2v) is 12.7. The van der Waals surface area contributed by atoms with Crippen LogP contribution in [0, 0.1) is 5.82 Å². The molecular formula is C29H36FN3O6S. The Morgan fingerprint density at radius 2 is 1.93 bits per heavy atom. The number of anilines is 1. The Balaban J connectivity index is 1.62. The zero-order valence-electron chi connectivity index (χ0n) is 29.7. The van der Waals surface area contributed by atoms with Crippen molar-refractivity contribution in [3.8, 4) is 0 Å². The predicted molar refractivity (Wildman–Crippen MR) is 150 cm³/mol. The minimum Gasteiger partial charge on any atom is -0.444 e. The minimum atomic E-state index is -3.68. The van der Waals surface area contributed by atoms with Crippen molar-refractivity contribution >= 4 is 27.7 Å². The van der Waals surface area contributed by atoms with Gasteiger partial charge in [0.05, 0.1) is 34.7 Å². The fourth-order valence-electron chi connectivity index (χ4n) is 4.99. The van der Waals surface area contributed by atoms with E-state index in [4.69, 9.17) is 19.1 Å². The summed E-state index contributed by atoms with van der Waals surface area (Å²) in [6.45, 7) is 1.47. The van der Waals surface area contributed by atoms with Gasteiger partial charge in [-0.05, 0) is 62.9 Å². The molecule has 0 aliphatic carbocycles. The molecule has 2 heterocycles. The first-order chi connectivity index (χ1) is 21.6.